The number of carbonyl (C=O) groups excluding carboxylic acids is 1. The van der Waals surface area contributed by atoms with Crippen LogP contribution in [0, 0.1) is 5.92 Å². The number of methoxy groups -OCH3 is 1. The van der Waals surface area contributed by atoms with Crippen LogP contribution >= 0.6 is 0 Å². The second-order valence-electron chi connectivity index (χ2n) is 7.90. The number of fused-ring (bicyclic) bond motifs is 1. The quantitative estimate of drug-likeness (QED) is 0.764. The van der Waals surface area contributed by atoms with Crippen molar-refractivity contribution in [1.29, 1.82) is 0 Å². The molecule has 1 aliphatic carbocycles. The van der Waals surface area contributed by atoms with Gasteiger partial charge in [0.1, 0.15) is 0 Å². The maximum atomic E-state index is 12.8. The summed E-state index contributed by atoms with van der Waals surface area (Å²) in [5.41, 5.74) is 7.44. The number of rotatable bonds is 7. The molecule has 2 aromatic rings. The SMILES string of the molecule is COC(C(=O)NC(C)c1ccc2ccccc2c1)C(N)CC1CCCCC1. The molecule has 0 saturated heterocycles. The van der Waals surface area contributed by atoms with Crippen LogP contribution in [0.3, 0.4) is 0 Å². The highest BCUT2D eigenvalue weighted by Gasteiger charge is 2.29. The largest absolute Gasteiger partial charge is 0.370 e. The molecule has 1 amide bonds. The van der Waals surface area contributed by atoms with Gasteiger partial charge < -0.3 is 15.8 Å². The molecule has 0 aliphatic heterocycles. The van der Waals surface area contributed by atoms with Gasteiger partial charge in [-0.2, -0.15) is 0 Å². The first-order chi connectivity index (χ1) is 13.1. The third kappa shape index (κ3) is 5.08. The zero-order chi connectivity index (χ0) is 19.2. The van der Waals surface area contributed by atoms with Crippen LogP contribution in [0.5, 0.6) is 0 Å². The molecular formula is C23H32N2O2. The van der Waals surface area contributed by atoms with Gasteiger partial charge in [0.2, 0.25) is 0 Å². The number of benzene rings is 2. The molecule has 1 saturated carbocycles. The van der Waals surface area contributed by atoms with Gasteiger partial charge >= 0.3 is 0 Å². The van der Waals surface area contributed by atoms with Gasteiger partial charge in [0, 0.05) is 13.2 Å². The fourth-order valence-corrected chi connectivity index (χ4v) is 4.26. The zero-order valence-electron chi connectivity index (χ0n) is 16.5. The van der Waals surface area contributed by atoms with Crippen molar-refractivity contribution in [1.82, 2.24) is 5.32 Å². The Balaban J connectivity index is 1.62. The minimum atomic E-state index is -0.602. The van der Waals surface area contributed by atoms with Crippen molar-refractivity contribution in [3.05, 3.63) is 48.0 Å². The highest BCUT2D eigenvalue weighted by Crippen LogP contribution is 2.28. The number of carbonyl (C=O) groups is 1. The molecule has 4 heteroatoms. The molecule has 3 N–H and O–H groups in total. The smallest absolute Gasteiger partial charge is 0.251 e. The first-order valence-electron chi connectivity index (χ1n) is 10.2. The lowest BCUT2D eigenvalue weighted by Crippen LogP contribution is -2.48. The predicted octanol–water partition coefficient (Wildman–Crippen LogP) is 4.33. The fourth-order valence-electron chi connectivity index (χ4n) is 4.26. The van der Waals surface area contributed by atoms with Crippen molar-refractivity contribution in [3.8, 4) is 0 Å². The highest BCUT2D eigenvalue weighted by molar-refractivity contribution is 5.84. The van der Waals surface area contributed by atoms with Gasteiger partial charge in [-0.3, -0.25) is 4.79 Å². The summed E-state index contributed by atoms with van der Waals surface area (Å²) in [5.74, 6) is 0.499. The molecule has 3 unspecified atom stereocenters. The van der Waals surface area contributed by atoms with Crippen LogP contribution in [-0.2, 0) is 9.53 Å². The first kappa shape index (κ1) is 19.8. The highest BCUT2D eigenvalue weighted by atomic mass is 16.5. The maximum Gasteiger partial charge on any atom is 0.251 e. The van der Waals surface area contributed by atoms with Crippen LogP contribution in [0.2, 0.25) is 0 Å². The van der Waals surface area contributed by atoms with Gasteiger partial charge in [0.05, 0.1) is 6.04 Å². The molecule has 0 heterocycles. The normalized spacial score (nSPS) is 18.8. The molecule has 0 spiro atoms. The zero-order valence-corrected chi connectivity index (χ0v) is 16.5. The van der Waals surface area contributed by atoms with Crippen molar-refractivity contribution >= 4 is 16.7 Å². The van der Waals surface area contributed by atoms with E-state index in [2.05, 4.69) is 35.6 Å². The number of amides is 1. The van der Waals surface area contributed by atoms with E-state index in [1.807, 2.05) is 19.1 Å². The molecule has 0 bridgehead atoms. The summed E-state index contributed by atoms with van der Waals surface area (Å²) in [6.07, 6.45) is 6.58. The lowest BCUT2D eigenvalue weighted by atomic mass is 9.84. The predicted molar refractivity (Wildman–Crippen MR) is 110 cm³/mol. The number of hydrogen-bond donors (Lipinski definition) is 2. The minimum Gasteiger partial charge on any atom is -0.370 e. The topological polar surface area (TPSA) is 64.3 Å². The van der Waals surface area contributed by atoms with E-state index < -0.39 is 6.10 Å². The number of hydrogen-bond acceptors (Lipinski definition) is 3. The van der Waals surface area contributed by atoms with Crippen molar-refractivity contribution in [2.75, 3.05) is 7.11 Å². The summed E-state index contributed by atoms with van der Waals surface area (Å²) in [5, 5.41) is 5.46. The summed E-state index contributed by atoms with van der Waals surface area (Å²) < 4.78 is 5.49. The average Bonchev–Trinajstić information content (AvgIpc) is 2.68. The van der Waals surface area contributed by atoms with E-state index in [4.69, 9.17) is 10.5 Å². The summed E-state index contributed by atoms with van der Waals surface area (Å²) in [4.78, 5) is 12.8. The number of ether oxygens (including phenoxy) is 1. The van der Waals surface area contributed by atoms with Crippen LogP contribution < -0.4 is 11.1 Å². The molecule has 146 valence electrons. The Labute approximate surface area is 162 Å². The second kappa shape index (κ2) is 9.34. The van der Waals surface area contributed by atoms with E-state index in [1.165, 1.54) is 42.9 Å². The van der Waals surface area contributed by atoms with Gasteiger partial charge in [-0.15, -0.1) is 0 Å². The molecule has 3 rings (SSSR count). The molecule has 1 aliphatic rings. The van der Waals surface area contributed by atoms with Crippen molar-refractivity contribution in [3.63, 3.8) is 0 Å². The van der Waals surface area contributed by atoms with E-state index >= 15 is 0 Å². The Kier molecular flexibility index (Phi) is 6.86. The van der Waals surface area contributed by atoms with Crippen LogP contribution in [-0.4, -0.2) is 25.2 Å². The second-order valence-corrected chi connectivity index (χ2v) is 7.90. The Morgan fingerprint density at radius 1 is 1.15 bits per heavy atom. The number of nitrogens with two attached hydrogens (primary N) is 1. The van der Waals surface area contributed by atoms with E-state index in [9.17, 15) is 4.79 Å². The Morgan fingerprint density at radius 2 is 1.85 bits per heavy atom. The van der Waals surface area contributed by atoms with Gasteiger partial charge in [0.25, 0.3) is 5.91 Å². The lowest BCUT2D eigenvalue weighted by Gasteiger charge is -2.29. The van der Waals surface area contributed by atoms with Gasteiger partial charge in [-0.25, -0.2) is 0 Å². The molecule has 1 fully saturated rings. The standard InChI is InChI=1S/C23H32N2O2/c1-16(19-13-12-18-10-6-7-11-20(18)15-19)25-23(26)22(27-2)21(24)14-17-8-4-3-5-9-17/h6-7,10-13,15-17,21-22H,3-5,8-9,14,24H2,1-2H3,(H,25,26). The molecule has 3 atom stereocenters. The fraction of sp³-hybridized carbons (Fsp3) is 0.522. The molecule has 0 radical (unpaired) electrons. The van der Waals surface area contributed by atoms with Gasteiger partial charge in [-0.1, -0.05) is 68.5 Å². The molecule has 4 nitrogen and oxygen atoms in total. The van der Waals surface area contributed by atoms with Crippen molar-refractivity contribution < 1.29 is 9.53 Å². The molecule has 2 aromatic carbocycles. The molecule has 27 heavy (non-hydrogen) atoms. The Morgan fingerprint density at radius 3 is 2.56 bits per heavy atom. The van der Waals surface area contributed by atoms with E-state index in [0.29, 0.717) is 5.92 Å². The van der Waals surface area contributed by atoms with Crippen LogP contribution in [0.25, 0.3) is 10.8 Å². The van der Waals surface area contributed by atoms with Gasteiger partial charge in [-0.05, 0) is 41.7 Å². The third-order valence-corrected chi connectivity index (χ3v) is 5.86. The van der Waals surface area contributed by atoms with Crippen molar-refractivity contribution in [2.24, 2.45) is 11.7 Å². The minimum absolute atomic E-state index is 0.0957. The van der Waals surface area contributed by atoms with Crippen LogP contribution in [0.1, 0.15) is 57.1 Å². The lowest BCUT2D eigenvalue weighted by molar-refractivity contribution is -0.133. The number of nitrogens with one attached hydrogen (secondary N) is 1. The van der Waals surface area contributed by atoms with Crippen molar-refractivity contribution in [2.45, 2.75) is 63.6 Å². The maximum absolute atomic E-state index is 12.8. The summed E-state index contributed by atoms with van der Waals surface area (Å²) in [7, 11) is 1.58. The van der Waals surface area contributed by atoms with E-state index in [1.54, 1.807) is 7.11 Å². The molecule has 0 aromatic heterocycles. The van der Waals surface area contributed by atoms with Crippen LogP contribution in [0.15, 0.2) is 42.5 Å². The Hall–Kier alpha value is -1.91. The first-order valence-corrected chi connectivity index (χ1v) is 10.2. The monoisotopic (exact) mass is 368 g/mol. The summed E-state index contributed by atoms with van der Waals surface area (Å²) >= 11 is 0. The molecular weight excluding hydrogens is 336 g/mol. The van der Waals surface area contributed by atoms with E-state index in [-0.39, 0.29) is 18.0 Å². The Bertz CT molecular complexity index is 755. The van der Waals surface area contributed by atoms with Crippen LogP contribution in [0.4, 0.5) is 0 Å². The average molecular weight is 369 g/mol. The van der Waals surface area contributed by atoms with E-state index in [0.717, 1.165) is 12.0 Å². The van der Waals surface area contributed by atoms with Gasteiger partial charge in [0.15, 0.2) is 6.10 Å². The summed E-state index contributed by atoms with van der Waals surface area (Å²) in [6, 6.07) is 14.2. The third-order valence-electron chi connectivity index (χ3n) is 5.86. The summed E-state index contributed by atoms with van der Waals surface area (Å²) in [6.45, 7) is 2.00.